The second kappa shape index (κ2) is 5.82. The van der Waals surface area contributed by atoms with Crippen LogP contribution >= 0.6 is 0 Å². The molecule has 21 heavy (non-hydrogen) atoms. The van der Waals surface area contributed by atoms with E-state index in [0.29, 0.717) is 11.3 Å². The molecule has 1 aromatic carbocycles. The molecule has 2 unspecified atom stereocenters. The first-order valence-electron chi connectivity index (χ1n) is 6.56. The van der Waals surface area contributed by atoms with Crippen molar-refractivity contribution in [2.24, 2.45) is 0 Å². The number of para-hydroxylation sites is 1. The quantitative estimate of drug-likeness (QED) is 0.754. The van der Waals surface area contributed by atoms with Crippen molar-refractivity contribution in [2.75, 3.05) is 18.5 Å². The molecule has 7 nitrogen and oxygen atoms in total. The lowest BCUT2D eigenvalue weighted by molar-refractivity contribution is -0.138. The van der Waals surface area contributed by atoms with Gasteiger partial charge < -0.3 is 15.3 Å². The fourth-order valence-electron chi connectivity index (χ4n) is 2.44. The van der Waals surface area contributed by atoms with Crippen LogP contribution in [0.15, 0.2) is 24.3 Å². The van der Waals surface area contributed by atoms with Crippen molar-refractivity contribution in [3.8, 4) is 0 Å². The van der Waals surface area contributed by atoms with Gasteiger partial charge in [-0.2, -0.15) is 0 Å². The Kier molecular flexibility index (Phi) is 4.11. The van der Waals surface area contributed by atoms with Gasteiger partial charge in [-0.25, -0.2) is 4.79 Å². The number of nitrogens with one attached hydrogen (secondary N) is 2. The molecule has 0 aliphatic carbocycles. The topological polar surface area (TPSA) is 98.7 Å². The number of carbonyl (C=O) groups is 3. The van der Waals surface area contributed by atoms with Crippen LogP contribution < -0.4 is 15.5 Å². The maximum Gasteiger partial charge on any atom is 0.321 e. The van der Waals surface area contributed by atoms with Gasteiger partial charge in [0.15, 0.2) is 0 Å². The van der Waals surface area contributed by atoms with E-state index in [9.17, 15) is 19.5 Å². The van der Waals surface area contributed by atoms with Crippen LogP contribution in [0.4, 0.5) is 10.5 Å². The molecule has 0 bridgehead atoms. The number of aliphatic carboxylic acids is 1. The van der Waals surface area contributed by atoms with E-state index >= 15 is 0 Å². The first-order chi connectivity index (χ1) is 9.95. The number of hydrogen-bond acceptors (Lipinski definition) is 4. The van der Waals surface area contributed by atoms with Gasteiger partial charge in [0.05, 0.1) is 0 Å². The summed E-state index contributed by atoms with van der Waals surface area (Å²) in [5.41, 5.74) is 1.40. The van der Waals surface area contributed by atoms with E-state index in [2.05, 4.69) is 10.6 Å². The third-order valence-electron chi connectivity index (χ3n) is 3.61. The molecule has 112 valence electrons. The van der Waals surface area contributed by atoms with Crippen molar-refractivity contribution in [1.29, 1.82) is 0 Å². The largest absolute Gasteiger partial charge is 0.481 e. The number of carboxylic acid groups (broad SMARTS) is 1. The Balaban J connectivity index is 2.23. The smallest absolute Gasteiger partial charge is 0.321 e. The highest BCUT2D eigenvalue weighted by Gasteiger charge is 2.37. The predicted octanol–water partition coefficient (Wildman–Crippen LogP) is 0.519. The molecule has 2 rings (SSSR count). The number of carboxylic acids is 1. The minimum Gasteiger partial charge on any atom is -0.481 e. The standard InChI is InChI=1S/C14H17N3O4/c1-8(12(18)16-14(21)15-2)17-7-10(13(19)20)9-5-3-4-6-11(9)17/h3-6,8,10H,7H2,1-2H3,(H,19,20)(H2,15,16,18,21). The Labute approximate surface area is 121 Å². The van der Waals surface area contributed by atoms with Crippen molar-refractivity contribution >= 4 is 23.6 Å². The molecule has 0 spiro atoms. The summed E-state index contributed by atoms with van der Waals surface area (Å²) >= 11 is 0. The molecule has 1 heterocycles. The SMILES string of the molecule is CNC(=O)NC(=O)C(C)N1CC(C(=O)O)c2ccccc21. The highest BCUT2D eigenvalue weighted by Crippen LogP contribution is 2.37. The van der Waals surface area contributed by atoms with Crippen LogP contribution in [0.25, 0.3) is 0 Å². The number of hydrogen-bond donors (Lipinski definition) is 3. The molecular formula is C14H17N3O4. The number of benzene rings is 1. The average Bonchev–Trinajstić information content (AvgIpc) is 2.86. The van der Waals surface area contributed by atoms with Crippen LogP contribution in [0.2, 0.25) is 0 Å². The second-order valence-corrected chi connectivity index (χ2v) is 4.85. The minimum absolute atomic E-state index is 0.205. The third-order valence-corrected chi connectivity index (χ3v) is 3.61. The third kappa shape index (κ3) is 2.81. The number of urea groups is 1. The van der Waals surface area contributed by atoms with E-state index in [0.717, 1.165) is 0 Å². The zero-order valence-corrected chi connectivity index (χ0v) is 11.8. The van der Waals surface area contributed by atoms with Crippen LogP contribution in [0.1, 0.15) is 18.4 Å². The predicted molar refractivity (Wildman–Crippen MR) is 76.2 cm³/mol. The van der Waals surface area contributed by atoms with Gasteiger partial charge in [0.1, 0.15) is 12.0 Å². The Hall–Kier alpha value is -2.57. The molecule has 3 N–H and O–H groups in total. The number of anilines is 1. The molecule has 0 fully saturated rings. The van der Waals surface area contributed by atoms with Crippen LogP contribution in [-0.4, -0.2) is 42.6 Å². The Morgan fingerprint density at radius 2 is 2.00 bits per heavy atom. The summed E-state index contributed by atoms with van der Waals surface area (Å²) in [4.78, 5) is 36.3. The van der Waals surface area contributed by atoms with E-state index in [1.165, 1.54) is 7.05 Å². The fraction of sp³-hybridized carbons (Fsp3) is 0.357. The van der Waals surface area contributed by atoms with Crippen LogP contribution in [0.3, 0.4) is 0 Å². The van der Waals surface area contributed by atoms with Crippen molar-refractivity contribution < 1.29 is 19.5 Å². The summed E-state index contributed by atoms with van der Waals surface area (Å²) in [6.45, 7) is 1.84. The molecule has 7 heteroatoms. The van der Waals surface area contributed by atoms with Crippen molar-refractivity contribution in [1.82, 2.24) is 10.6 Å². The first-order valence-corrected chi connectivity index (χ1v) is 6.56. The van der Waals surface area contributed by atoms with E-state index in [-0.39, 0.29) is 6.54 Å². The normalized spacial score (nSPS) is 17.8. The number of amides is 3. The zero-order valence-electron chi connectivity index (χ0n) is 11.8. The lowest BCUT2D eigenvalue weighted by Gasteiger charge is -2.26. The number of imide groups is 1. The second-order valence-electron chi connectivity index (χ2n) is 4.85. The number of carbonyl (C=O) groups excluding carboxylic acids is 2. The van der Waals surface area contributed by atoms with Gasteiger partial charge in [-0.3, -0.25) is 14.9 Å². The van der Waals surface area contributed by atoms with E-state index < -0.39 is 29.9 Å². The Bertz CT molecular complexity index is 587. The van der Waals surface area contributed by atoms with Gasteiger partial charge in [-0.05, 0) is 18.6 Å². The highest BCUT2D eigenvalue weighted by molar-refractivity contribution is 5.99. The maximum atomic E-state index is 12.0. The van der Waals surface area contributed by atoms with E-state index in [4.69, 9.17) is 0 Å². The summed E-state index contributed by atoms with van der Waals surface area (Å²) in [6, 6.07) is 5.86. The van der Waals surface area contributed by atoms with Gasteiger partial charge >= 0.3 is 12.0 Å². The Morgan fingerprint density at radius 1 is 1.33 bits per heavy atom. The molecule has 0 saturated heterocycles. The summed E-state index contributed by atoms with van der Waals surface area (Å²) < 4.78 is 0. The molecule has 0 radical (unpaired) electrons. The molecule has 3 amide bonds. The molecule has 1 aliphatic rings. The summed E-state index contributed by atoms with van der Waals surface area (Å²) in [7, 11) is 1.42. The molecule has 1 aromatic rings. The fourth-order valence-corrected chi connectivity index (χ4v) is 2.44. The van der Waals surface area contributed by atoms with Gasteiger partial charge in [0.25, 0.3) is 0 Å². The summed E-state index contributed by atoms with van der Waals surface area (Å²) in [5, 5.41) is 13.8. The molecule has 1 aliphatic heterocycles. The van der Waals surface area contributed by atoms with E-state index in [1.807, 2.05) is 0 Å². The lowest BCUT2D eigenvalue weighted by atomic mass is 10.0. The van der Waals surface area contributed by atoms with Gasteiger partial charge in [-0.1, -0.05) is 18.2 Å². The summed E-state index contributed by atoms with van der Waals surface area (Å²) in [5.74, 6) is -2.07. The zero-order chi connectivity index (χ0) is 15.6. The molecule has 0 saturated carbocycles. The van der Waals surface area contributed by atoms with Crippen molar-refractivity contribution in [2.45, 2.75) is 18.9 Å². The van der Waals surface area contributed by atoms with Crippen molar-refractivity contribution in [3.63, 3.8) is 0 Å². The van der Waals surface area contributed by atoms with Crippen LogP contribution in [-0.2, 0) is 9.59 Å². The summed E-state index contributed by atoms with van der Waals surface area (Å²) in [6.07, 6.45) is 0. The van der Waals surface area contributed by atoms with Crippen molar-refractivity contribution in [3.05, 3.63) is 29.8 Å². The number of fused-ring (bicyclic) bond motifs is 1. The van der Waals surface area contributed by atoms with Gasteiger partial charge in [-0.15, -0.1) is 0 Å². The molecular weight excluding hydrogens is 274 g/mol. The van der Waals surface area contributed by atoms with E-state index in [1.54, 1.807) is 36.1 Å². The molecule has 2 atom stereocenters. The number of nitrogens with zero attached hydrogens (tertiary/aromatic N) is 1. The average molecular weight is 291 g/mol. The lowest BCUT2D eigenvalue weighted by Crippen LogP contribution is -2.49. The van der Waals surface area contributed by atoms with Gasteiger partial charge in [0.2, 0.25) is 5.91 Å². The van der Waals surface area contributed by atoms with Crippen LogP contribution in [0.5, 0.6) is 0 Å². The van der Waals surface area contributed by atoms with Crippen LogP contribution in [0, 0.1) is 0 Å². The molecule has 0 aromatic heterocycles. The Morgan fingerprint density at radius 3 is 2.62 bits per heavy atom. The highest BCUT2D eigenvalue weighted by atomic mass is 16.4. The number of rotatable bonds is 3. The monoisotopic (exact) mass is 291 g/mol. The first kappa shape index (κ1) is 14.8. The maximum absolute atomic E-state index is 12.0. The minimum atomic E-state index is -0.927. The van der Waals surface area contributed by atoms with Gasteiger partial charge in [0, 0.05) is 19.3 Å².